The number of hydrogen-bond acceptors (Lipinski definition) is 3. The van der Waals surface area contributed by atoms with E-state index in [0.717, 1.165) is 11.1 Å². The molecule has 0 aliphatic rings. The molecule has 3 rings (SSSR count). The van der Waals surface area contributed by atoms with Gasteiger partial charge in [-0.3, -0.25) is 9.52 Å². The number of hydrogen-bond donors (Lipinski definition) is 1. The van der Waals surface area contributed by atoms with E-state index in [0.29, 0.717) is 28.3 Å². The molecule has 0 radical (unpaired) electrons. The molecule has 29 heavy (non-hydrogen) atoms. The fourth-order valence-electron chi connectivity index (χ4n) is 3.11. The lowest BCUT2D eigenvalue weighted by atomic mass is 10.0. The number of carbonyl (C=O) groups is 1. The maximum Gasteiger partial charge on any atom is 0.262 e. The first-order valence-electron chi connectivity index (χ1n) is 9.18. The lowest BCUT2D eigenvalue weighted by Gasteiger charge is -2.12. The third-order valence-corrected chi connectivity index (χ3v) is 6.30. The van der Waals surface area contributed by atoms with Crippen LogP contribution in [0.25, 0.3) is 0 Å². The van der Waals surface area contributed by atoms with Crippen LogP contribution in [0.15, 0.2) is 71.6 Å². The Morgan fingerprint density at radius 1 is 0.897 bits per heavy atom. The van der Waals surface area contributed by atoms with Gasteiger partial charge in [0.1, 0.15) is 5.78 Å². The highest BCUT2D eigenvalue weighted by molar-refractivity contribution is 7.92. The Morgan fingerprint density at radius 2 is 1.55 bits per heavy atom. The second kappa shape index (κ2) is 8.80. The van der Waals surface area contributed by atoms with Crippen LogP contribution >= 0.6 is 11.6 Å². The summed E-state index contributed by atoms with van der Waals surface area (Å²) in [6.45, 7) is 3.72. The summed E-state index contributed by atoms with van der Waals surface area (Å²) in [5, 5.41) is 0.526. The van der Waals surface area contributed by atoms with E-state index in [1.807, 2.05) is 31.2 Å². The first kappa shape index (κ1) is 21.1. The monoisotopic (exact) mass is 427 g/mol. The molecule has 0 saturated heterocycles. The number of benzene rings is 3. The number of halogens is 1. The highest BCUT2D eigenvalue weighted by Gasteiger charge is 2.18. The highest BCUT2D eigenvalue weighted by atomic mass is 35.5. The van der Waals surface area contributed by atoms with Gasteiger partial charge in [-0.1, -0.05) is 53.6 Å². The maximum atomic E-state index is 12.8. The van der Waals surface area contributed by atoms with Gasteiger partial charge in [0.25, 0.3) is 10.0 Å². The average molecular weight is 428 g/mol. The van der Waals surface area contributed by atoms with Crippen molar-refractivity contribution in [1.82, 2.24) is 0 Å². The predicted octanol–water partition coefficient (Wildman–Crippen LogP) is 5.11. The van der Waals surface area contributed by atoms with E-state index in [1.54, 1.807) is 49.4 Å². The van der Waals surface area contributed by atoms with E-state index in [-0.39, 0.29) is 17.1 Å². The van der Waals surface area contributed by atoms with Gasteiger partial charge in [0.2, 0.25) is 0 Å². The summed E-state index contributed by atoms with van der Waals surface area (Å²) in [6.07, 6.45) is 0.498. The lowest BCUT2D eigenvalue weighted by Crippen LogP contribution is -2.15. The molecule has 1 N–H and O–H groups in total. The molecule has 6 heteroatoms. The summed E-state index contributed by atoms with van der Waals surface area (Å²) in [4.78, 5) is 12.6. The van der Waals surface area contributed by atoms with E-state index < -0.39 is 10.0 Å². The Hall–Kier alpha value is -2.63. The number of rotatable bonds is 7. The molecule has 0 spiro atoms. The Labute approximate surface area is 176 Å². The van der Waals surface area contributed by atoms with Crippen LogP contribution in [0.4, 0.5) is 5.69 Å². The standard InChI is InChI=1S/C23H22ClNO3S/c1-16-4-3-5-18(12-16)13-22(26)14-19-7-6-17(2)23(15-19)29(27,28)25-21-10-8-20(24)9-11-21/h3-12,15,25H,13-14H2,1-2H3. The first-order valence-corrected chi connectivity index (χ1v) is 11.0. The van der Waals surface area contributed by atoms with Crippen LogP contribution in [0.3, 0.4) is 0 Å². The molecule has 0 heterocycles. The van der Waals surface area contributed by atoms with Crippen molar-refractivity contribution >= 4 is 33.1 Å². The second-order valence-electron chi connectivity index (χ2n) is 7.09. The van der Waals surface area contributed by atoms with Gasteiger partial charge >= 0.3 is 0 Å². The highest BCUT2D eigenvalue weighted by Crippen LogP contribution is 2.22. The van der Waals surface area contributed by atoms with Gasteiger partial charge in [-0.2, -0.15) is 0 Å². The molecule has 0 atom stereocenters. The summed E-state index contributed by atoms with van der Waals surface area (Å²) in [5.41, 5.74) is 3.77. The number of nitrogens with one attached hydrogen (secondary N) is 1. The van der Waals surface area contributed by atoms with Crippen LogP contribution < -0.4 is 4.72 Å². The number of Topliss-reactive ketones (excluding diaryl/α,β-unsaturated/α-hetero) is 1. The van der Waals surface area contributed by atoms with Crippen LogP contribution in [0.2, 0.25) is 5.02 Å². The molecule has 0 fully saturated rings. The molecule has 4 nitrogen and oxygen atoms in total. The van der Waals surface area contributed by atoms with Gasteiger partial charge in [0.15, 0.2) is 0 Å². The minimum Gasteiger partial charge on any atom is -0.299 e. The third kappa shape index (κ3) is 5.68. The van der Waals surface area contributed by atoms with Gasteiger partial charge in [0, 0.05) is 23.6 Å². The zero-order valence-corrected chi connectivity index (χ0v) is 17.8. The molecular weight excluding hydrogens is 406 g/mol. The number of ketones is 1. The van der Waals surface area contributed by atoms with Crippen molar-refractivity contribution in [3.8, 4) is 0 Å². The molecule has 0 saturated carbocycles. The van der Waals surface area contributed by atoms with E-state index in [1.165, 1.54) is 0 Å². The molecule has 0 amide bonds. The topological polar surface area (TPSA) is 63.2 Å². The summed E-state index contributed by atoms with van der Waals surface area (Å²) in [6, 6.07) is 19.4. The summed E-state index contributed by atoms with van der Waals surface area (Å²) >= 11 is 5.85. The molecule has 0 bridgehead atoms. The molecule has 0 aliphatic carbocycles. The van der Waals surface area contributed by atoms with Crippen LogP contribution in [-0.2, 0) is 27.7 Å². The minimum absolute atomic E-state index is 0.0356. The average Bonchev–Trinajstić information content (AvgIpc) is 2.65. The quantitative estimate of drug-likeness (QED) is 0.569. The van der Waals surface area contributed by atoms with E-state index in [4.69, 9.17) is 11.6 Å². The fourth-order valence-corrected chi connectivity index (χ4v) is 4.59. The molecule has 0 aromatic heterocycles. The van der Waals surface area contributed by atoms with Gasteiger partial charge in [-0.15, -0.1) is 0 Å². The van der Waals surface area contributed by atoms with Gasteiger partial charge in [-0.05, 0) is 60.9 Å². The zero-order chi connectivity index (χ0) is 21.0. The molecular formula is C23H22ClNO3S. The second-order valence-corrected chi connectivity index (χ2v) is 9.18. The fraction of sp³-hybridized carbons (Fsp3) is 0.174. The largest absolute Gasteiger partial charge is 0.299 e. The smallest absolute Gasteiger partial charge is 0.262 e. The molecule has 0 aliphatic heterocycles. The molecule has 3 aromatic carbocycles. The van der Waals surface area contributed by atoms with Gasteiger partial charge in [0.05, 0.1) is 4.90 Å². The van der Waals surface area contributed by atoms with Gasteiger partial charge in [-0.25, -0.2) is 8.42 Å². The number of aryl methyl sites for hydroxylation is 2. The zero-order valence-electron chi connectivity index (χ0n) is 16.3. The van der Waals surface area contributed by atoms with Crippen molar-refractivity contribution in [2.24, 2.45) is 0 Å². The maximum absolute atomic E-state index is 12.8. The Kier molecular flexibility index (Phi) is 6.40. The van der Waals surface area contributed by atoms with E-state index in [2.05, 4.69) is 4.72 Å². The normalized spacial score (nSPS) is 11.3. The van der Waals surface area contributed by atoms with Crippen molar-refractivity contribution in [2.75, 3.05) is 4.72 Å². The van der Waals surface area contributed by atoms with E-state index in [9.17, 15) is 13.2 Å². The number of anilines is 1. The van der Waals surface area contributed by atoms with Crippen molar-refractivity contribution in [3.05, 3.63) is 94.0 Å². The van der Waals surface area contributed by atoms with Crippen LogP contribution in [0, 0.1) is 13.8 Å². The number of carbonyl (C=O) groups excluding carboxylic acids is 1. The Morgan fingerprint density at radius 3 is 2.21 bits per heavy atom. The van der Waals surface area contributed by atoms with Gasteiger partial charge < -0.3 is 0 Å². The molecule has 0 unspecified atom stereocenters. The Balaban J connectivity index is 1.78. The van der Waals surface area contributed by atoms with Crippen molar-refractivity contribution in [1.29, 1.82) is 0 Å². The SMILES string of the molecule is Cc1cccc(CC(=O)Cc2ccc(C)c(S(=O)(=O)Nc3ccc(Cl)cc3)c2)c1. The van der Waals surface area contributed by atoms with Crippen LogP contribution in [0.5, 0.6) is 0 Å². The lowest BCUT2D eigenvalue weighted by molar-refractivity contribution is -0.117. The van der Waals surface area contributed by atoms with Crippen LogP contribution in [-0.4, -0.2) is 14.2 Å². The van der Waals surface area contributed by atoms with Crippen molar-refractivity contribution < 1.29 is 13.2 Å². The summed E-state index contributed by atoms with van der Waals surface area (Å²) < 4.78 is 28.2. The van der Waals surface area contributed by atoms with E-state index >= 15 is 0 Å². The minimum atomic E-state index is -3.78. The van der Waals surface area contributed by atoms with Crippen LogP contribution in [0.1, 0.15) is 22.3 Å². The third-order valence-electron chi connectivity index (χ3n) is 4.52. The first-order chi connectivity index (χ1) is 13.7. The summed E-state index contributed by atoms with van der Waals surface area (Å²) in [5.74, 6) is 0.0356. The Bertz CT molecular complexity index is 1140. The number of sulfonamides is 1. The molecule has 3 aromatic rings. The summed E-state index contributed by atoms with van der Waals surface area (Å²) in [7, 11) is -3.78. The van der Waals surface area contributed by atoms with Crippen molar-refractivity contribution in [2.45, 2.75) is 31.6 Å². The molecule has 150 valence electrons. The predicted molar refractivity (Wildman–Crippen MR) is 117 cm³/mol. The van der Waals surface area contributed by atoms with Crippen molar-refractivity contribution in [3.63, 3.8) is 0 Å².